The minimum Gasteiger partial charge on any atom is -0.0985 e. The molecule has 0 atom stereocenters. The zero-order valence-corrected chi connectivity index (χ0v) is 10.0. The topological polar surface area (TPSA) is 0 Å². The van der Waals surface area contributed by atoms with E-state index in [1.54, 1.807) is 0 Å². The van der Waals surface area contributed by atoms with Crippen molar-refractivity contribution in [2.45, 2.75) is 32.6 Å². The van der Waals surface area contributed by atoms with Crippen LogP contribution in [0.1, 0.15) is 38.3 Å². The quantitative estimate of drug-likeness (QED) is 0.624. The van der Waals surface area contributed by atoms with Crippen LogP contribution in [0.4, 0.5) is 0 Å². The zero-order chi connectivity index (χ0) is 11.5. The van der Waals surface area contributed by atoms with Crippen molar-refractivity contribution in [2.24, 2.45) is 0 Å². The summed E-state index contributed by atoms with van der Waals surface area (Å²) < 4.78 is 0. The van der Waals surface area contributed by atoms with Gasteiger partial charge in [0.25, 0.3) is 0 Å². The van der Waals surface area contributed by atoms with Crippen molar-refractivity contribution in [1.29, 1.82) is 0 Å². The van der Waals surface area contributed by atoms with Crippen LogP contribution in [0.2, 0.25) is 0 Å². The molecule has 0 aliphatic carbocycles. The van der Waals surface area contributed by atoms with Crippen LogP contribution in [0.25, 0.3) is 5.57 Å². The summed E-state index contributed by atoms with van der Waals surface area (Å²) in [5.74, 6) is 0. The Morgan fingerprint density at radius 1 is 1.33 bits per heavy atom. The Kier molecular flexibility index (Phi) is 3.52. The molecule has 0 heterocycles. The maximum Gasteiger partial charge on any atom is -0.0100 e. The standard InChI is InChI=1S/C15H20/c1-6-12(3)13-10-8-9-11-14(13)15(4,5)7-2/h6,8-11H,1,3,7H2,2,4-5H3. The van der Waals surface area contributed by atoms with Crippen LogP contribution in [-0.2, 0) is 5.41 Å². The van der Waals surface area contributed by atoms with Gasteiger partial charge in [0.1, 0.15) is 0 Å². The SMILES string of the molecule is C=CC(=C)c1ccccc1C(C)(C)CC. The van der Waals surface area contributed by atoms with Crippen molar-refractivity contribution < 1.29 is 0 Å². The normalized spacial score (nSPS) is 11.1. The van der Waals surface area contributed by atoms with Crippen molar-refractivity contribution in [3.63, 3.8) is 0 Å². The van der Waals surface area contributed by atoms with E-state index in [2.05, 4.69) is 58.2 Å². The first kappa shape index (κ1) is 11.8. The molecule has 0 unspecified atom stereocenters. The van der Waals surface area contributed by atoms with Crippen molar-refractivity contribution >= 4 is 5.57 Å². The van der Waals surface area contributed by atoms with Gasteiger partial charge >= 0.3 is 0 Å². The monoisotopic (exact) mass is 200 g/mol. The van der Waals surface area contributed by atoms with E-state index in [4.69, 9.17) is 0 Å². The summed E-state index contributed by atoms with van der Waals surface area (Å²) >= 11 is 0. The summed E-state index contributed by atoms with van der Waals surface area (Å²) in [6.07, 6.45) is 2.94. The van der Waals surface area contributed by atoms with Crippen LogP contribution in [0.15, 0.2) is 43.5 Å². The third-order valence-corrected chi connectivity index (χ3v) is 3.13. The minimum absolute atomic E-state index is 0.197. The molecule has 0 spiro atoms. The largest absolute Gasteiger partial charge is 0.0985 e. The van der Waals surface area contributed by atoms with Gasteiger partial charge in [-0.1, -0.05) is 64.3 Å². The Morgan fingerprint density at radius 3 is 2.47 bits per heavy atom. The fourth-order valence-corrected chi connectivity index (χ4v) is 1.65. The highest BCUT2D eigenvalue weighted by molar-refractivity contribution is 5.74. The van der Waals surface area contributed by atoms with Crippen LogP contribution in [0.5, 0.6) is 0 Å². The second kappa shape index (κ2) is 4.48. The number of hydrogen-bond donors (Lipinski definition) is 0. The smallest absolute Gasteiger partial charge is 0.0100 e. The third kappa shape index (κ3) is 2.38. The molecule has 0 aromatic heterocycles. The lowest BCUT2D eigenvalue weighted by Gasteiger charge is -2.26. The Labute approximate surface area is 93.3 Å². The number of rotatable bonds is 4. The number of allylic oxidation sites excluding steroid dienone is 2. The molecule has 1 rings (SSSR count). The molecule has 1 aromatic rings. The molecule has 15 heavy (non-hydrogen) atoms. The van der Waals surface area contributed by atoms with Gasteiger partial charge < -0.3 is 0 Å². The summed E-state index contributed by atoms with van der Waals surface area (Å²) in [5.41, 5.74) is 3.78. The molecule has 0 bridgehead atoms. The highest BCUT2D eigenvalue weighted by Crippen LogP contribution is 2.32. The second-order valence-electron chi connectivity index (χ2n) is 4.51. The predicted molar refractivity (Wildman–Crippen MR) is 69.0 cm³/mol. The summed E-state index contributed by atoms with van der Waals surface area (Å²) in [7, 11) is 0. The van der Waals surface area contributed by atoms with Gasteiger partial charge in [0.05, 0.1) is 0 Å². The molecule has 0 saturated heterocycles. The fraction of sp³-hybridized carbons (Fsp3) is 0.333. The molecule has 0 N–H and O–H groups in total. The van der Waals surface area contributed by atoms with E-state index in [0.717, 1.165) is 12.0 Å². The highest BCUT2D eigenvalue weighted by Gasteiger charge is 2.21. The number of hydrogen-bond acceptors (Lipinski definition) is 0. The van der Waals surface area contributed by atoms with E-state index in [1.165, 1.54) is 11.1 Å². The predicted octanol–water partition coefficient (Wildman–Crippen LogP) is 4.57. The molecule has 0 heteroatoms. The first-order chi connectivity index (χ1) is 7.03. The maximum absolute atomic E-state index is 4.03. The van der Waals surface area contributed by atoms with Crippen LogP contribution < -0.4 is 0 Å². The maximum atomic E-state index is 4.03. The molecule has 0 saturated carbocycles. The van der Waals surface area contributed by atoms with E-state index in [0.29, 0.717) is 0 Å². The van der Waals surface area contributed by atoms with E-state index in [9.17, 15) is 0 Å². The van der Waals surface area contributed by atoms with Gasteiger partial charge in [-0.2, -0.15) is 0 Å². The Hall–Kier alpha value is -1.30. The molecule has 0 aliphatic heterocycles. The van der Waals surface area contributed by atoms with Gasteiger partial charge in [-0.25, -0.2) is 0 Å². The van der Waals surface area contributed by atoms with Gasteiger partial charge in [0, 0.05) is 0 Å². The van der Waals surface area contributed by atoms with Crippen molar-refractivity contribution in [3.8, 4) is 0 Å². The zero-order valence-electron chi connectivity index (χ0n) is 10.0. The lowest BCUT2D eigenvalue weighted by atomic mass is 9.78. The highest BCUT2D eigenvalue weighted by atomic mass is 14.2. The van der Waals surface area contributed by atoms with Crippen molar-refractivity contribution in [1.82, 2.24) is 0 Å². The summed E-state index contributed by atoms with van der Waals surface area (Å²) in [6.45, 7) is 14.6. The Morgan fingerprint density at radius 2 is 1.93 bits per heavy atom. The lowest BCUT2D eigenvalue weighted by molar-refractivity contribution is 0.505. The average Bonchev–Trinajstić information content (AvgIpc) is 2.28. The van der Waals surface area contributed by atoms with Gasteiger partial charge in [0.15, 0.2) is 0 Å². The molecular formula is C15H20. The molecule has 0 aliphatic rings. The third-order valence-electron chi connectivity index (χ3n) is 3.13. The van der Waals surface area contributed by atoms with E-state index >= 15 is 0 Å². The van der Waals surface area contributed by atoms with E-state index in [1.807, 2.05) is 6.08 Å². The lowest BCUT2D eigenvalue weighted by Crippen LogP contribution is -2.17. The second-order valence-corrected chi connectivity index (χ2v) is 4.51. The Balaban J connectivity index is 3.29. The summed E-state index contributed by atoms with van der Waals surface area (Å²) in [4.78, 5) is 0. The molecule has 0 amide bonds. The first-order valence-electron chi connectivity index (χ1n) is 5.44. The molecule has 0 nitrogen and oxygen atoms in total. The van der Waals surface area contributed by atoms with Crippen LogP contribution in [0.3, 0.4) is 0 Å². The average molecular weight is 200 g/mol. The minimum atomic E-state index is 0.197. The summed E-state index contributed by atoms with van der Waals surface area (Å²) in [6, 6.07) is 8.45. The van der Waals surface area contributed by atoms with E-state index < -0.39 is 0 Å². The molecule has 0 fully saturated rings. The first-order valence-corrected chi connectivity index (χ1v) is 5.44. The van der Waals surface area contributed by atoms with Gasteiger partial charge in [-0.3, -0.25) is 0 Å². The number of benzene rings is 1. The van der Waals surface area contributed by atoms with Gasteiger partial charge in [-0.05, 0) is 28.5 Å². The van der Waals surface area contributed by atoms with Crippen molar-refractivity contribution in [3.05, 3.63) is 54.6 Å². The van der Waals surface area contributed by atoms with E-state index in [-0.39, 0.29) is 5.41 Å². The molecule has 1 aromatic carbocycles. The van der Waals surface area contributed by atoms with Crippen molar-refractivity contribution in [2.75, 3.05) is 0 Å². The fourth-order valence-electron chi connectivity index (χ4n) is 1.65. The van der Waals surface area contributed by atoms with Gasteiger partial charge in [-0.15, -0.1) is 0 Å². The molecule has 80 valence electrons. The summed E-state index contributed by atoms with van der Waals surface area (Å²) in [5, 5.41) is 0. The molecule has 0 radical (unpaired) electrons. The van der Waals surface area contributed by atoms with Crippen LogP contribution in [0, 0.1) is 0 Å². The van der Waals surface area contributed by atoms with Crippen LogP contribution in [-0.4, -0.2) is 0 Å². The molecular weight excluding hydrogens is 180 g/mol. The van der Waals surface area contributed by atoms with Crippen LogP contribution >= 0.6 is 0 Å². The Bertz CT molecular complexity index is 369. The van der Waals surface area contributed by atoms with Gasteiger partial charge in [0.2, 0.25) is 0 Å².